The lowest BCUT2D eigenvalue weighted by molar-refractivity contribution is -0.385. The summed E-state index contributed by atoms with van der Waals surface area (Å²) in [5.41, 5.74) is 0.581. The standard InChI is InChI=1S/C14H13N3O4/c1-21-14(18)12(9-16-7-6-15-10-16)8-11-4-2-3-5-13(11)17(19)20/h2-8,10H,9H2,1H3/b12-8+. The van der Waals surface area contributed by atoms with Crippen molar-refractivity contribution in [2.45, 2.75) is 6.54 Å². The summed E-state index contributed by atoms with van der Waals surface area (Å²) < 4.78 is 6.40. The van der Waals surface area contributed by atoms with E-state index in [1.54, 1.807) is 41.5 Å². The predicted molar refractivity (Wildman–Crippen MR) is 75.3 cm³/mol. The Bertz CT molecular complexity index is 677. The van der Waals surface area contributed by atoms with Crippen LogP contribution in [-0.4, -0.2) is 27.6 Å². The Labute approximate surface area is 120 Å². The average molecular weight is 287 g/mol. The Morgan fingerprint density at radius 1 is 1.48 bits per heavy atom. The fraction of sp³-hybridized carbons (Fsp3) is 0.143. The van der Waals surface area contributed by atoms with Gasteiger partial charge in [-0.05, 0) is 12.1 Å². The molecule has 0 fully saturated rings. The minimum Gasteiger partial charge on any atom is -0.466 e. The van der Waals surface area contributed by atoms with Crippen molar-refractivity contribution >= 4 is 17.7 Å². The number of rotatable bonds is 5. The van der Waals surface area contributed by atoms with Crippen LogP contribution in [0.2, 0.25) is 0 Å². The van der Waals surface area contributed by atoms with Crippen LogP contribution in [0.5, 0.6) is 0 Å². The van der Waals surface area contributed by atoms with Gasteiger partial charge in [0.2, 0.25) is 0 Å². The van der Waals surface area contributed by atoms with E-state index in [1.807, 2.05) is 0 Å². The van der Waals surface area contributed by atoms with Crippen molar-refractivity contribution in [1.82, 2.24) is 9.55 Å². The Hall–Kier alpha value is -2.96. The van der Waals surface area contributed by atoms with Crippen molar-refractivity contribution in [3.05, 3.63) is 64.2 Å². The monoisotopic (exact) mass is 287 g/mol. The first-order valence-corrected chi connectivity index (χ1v) is 6.10. The SMILES string of the molecule is COC(=O)/C(=C/c1ccccc1[N+](=O)[O-])Cn1ccnc1. The highest BCUT2D eigenvalue weighted by Crippen LogP contribution is 2.21. The number of benzene rings is 1. The molecular formula is C14H13N3O4. The zero-order chi connectivity index (χ0) is 15.2. The second-order valence-corrected chi connectivity index (χ2v) is 4.21. The number of ether oxygens (including phenoxy) is 1. The van der Waals surface area contributed by atoms with Crippen LogP contribution in [0.25, 0.3) is 6.08 Å². The molecule has 2 rings (SSSR count). The average Bonchev–Trinajstić information content (AvgIpc) is 2.99. The van der Waals surface area contributed by atoms with Crippen molar-refractivity contribution < 1.29 is 14.5 Å². The normalized spacial score (nSPS) is 11.2. The van der Waals surface area contributed by atoms with Gasteiger partial charge in [0.1, 0.15) is 0 Å². The molecule has 0 saturated carbocycles. The van der Waals surface area contributed by atoms with E-state index in [4.69, 9.17) is 4.74 Å². The molecule has 0 aliphatic heterocycles. The number of hydrogen-bond acceptors (Lipinski definition) is 5. The number of nitrogens with zero attached hydrogens (tertiary/aromatic N) is 3. The second kappa shape index (κ2) is 6.47. The molecule has 108 valence electrons. The molecule has 2 aromatic rings. The highest BCUT2D eigenvalue weighted by molar-refractivity contribution is 5.94. The molecule has 7 heteroatoms. The smallest absolute Gasteiger partial charge is 0.335 e. The molecule has 0 unspecified atom stereocenters. The minimum atomic E-state index is -0.540. The maximum absolute atomic E-state index is 11.8. The summed E-state index contributed by atoms with van der Waals surface area (Å²) in [5.74, 6) is -0.540. The van der Waals surface area contributed by atoms with E-state index in [1.165, 1.54) is 19.3 Å². The highest BCUT2D eigenvalue weighted by Gasteiger charge is 2.15. The van der Waals surface area contributed by atoms with E-state index < -0.39 is 10.9 Å². The number of methoxy groups -OCH3 is 1. The second-order valence-electron chi connectivity index (χ2n) is 4.21. The first-order chi connectivity index (χ1) is 10.1. The third kappa shape index (κ3) is 3.53. The fourth-order valence-corrected chi connectivity index (χ4v) is 1.84. The lowest BCUT2D eigenvalue weighted by Gasteiger charge is -2.07. The van der Waals surface area contributed by atoms with Crippen LogP contribution in [0.4, 0.5) is 5.69 Å². The van der Waals surface area contributed by atoms with Gasteiger partial charge in [0.15, 0.2) is 0 Å². The molecule has 0 radical (unpaired) electrons. The van der Waals surface area contributed by atoms with Gasteiger partial charge >= 0.3 is 5.97 Å². The van der Waals surface area contributed by atoms with Crippen molar-refractivity contribution in [1.29, 1.82) is 0 Å². The maximum atomic E-state index is 11.8. The van der Waals surface area contributed by atoms with Gasteiger partial charge in [-0.2, -0.15) is 0 Å². The Balaban J connectivity index is 2.41. The number of hydrogen-bond donors (Lipinski definition) is 0. The van der Waals surface area contributed by atoms with E-state index in [0.717, 1.165) is 0 Å². The molecule has 1 aromatic heterocycles. The van der Waals surface area contributed by atoms with E-state index in [-0.39, 0.29) is 12.2 Å². The van der Waals surface area contributed by atoms with E-state index in [9.17, 15) is 14.9 Å². The third-order valence-electron chi connectivity index (χ3n) is 2.82. The number of nitro benzene ring substituents is 1. The summed E-state index contributed by atoms with van der Waals surface area (Å²) in [6, 6.07) is 6.21. The van der Waals surface area contributed by atoms with Crippen LogP contribution >= 0.6 is 0 Å². The molecule has 0 atom stereocenters. The Morgan fingerprint density at radius 3 is 2.86 bits per heavy atom. The van der Waals surface area contributed by atoms with E-state index >= 15 is 0 Å². The van der Waals surface area contributed by atoms with E-state index in [0.29, 0.717) is 11.1 Å². The van der Waals surface area contributed by atoms with Gasteiger partial charge in [-0.25, -0.2) is 9.78 Å². The summed E-state index contributed by atoms with van der Waals surface area (Å²) in [6.45, 7) is 0.221. The summed E-state index contributed by atoms with van der Waals surface area (Å²) in [6.07, 6.45) is 6.29. The molecule has 0 aliphatic carbocycles. The highest BCUT2D eigenvalue weighted by atomic mass is 16.6. The van der Waals surface area contributed by atoms with Crippen molar-refractivity contribution in [3.8, 4) is 0 Å². The Kier molecular flexibility index (Phi) is 4.45. The van der Waals surface area contributed by atoms with Crippen LogP contribution < -0.4 is 0 Å². The summed E-state index contributed by atoms with van der Waals surface area (Å²) in [7, 11) is 1.27. The van der Waals surface area contributed by atoms with Gasteiger partial charge in [-0.3, -0.25) is 10.1 Å². The number of nitro groups is 1. The number of carbonyl (C=O) groups excluding carboxylic acids is 1. The van der Waals surface area contributed by atoms with Gasteiger partial charge in [0.25, 0.3) is 5.69 Å². The lowest BCUT2D eigenvalue weighted by atomic mass is 10.1. The van der Waals surface area contributed by atoms with Crippen LogP contribution in [0.1, 0.15) is 5.56 Å². The zero-order valence-corrected chi connectivity index (χ0v) is 11.3. The van der Waals surface area contributed by atoms with Crippen LogP contribution in [0, 0.1) is 10.1 Å². The minimum absolute atomic E-state index is 0.0652. The van der Waals surface area contributed by atoms with Gasteiger partial charge in [-0.1, -0.05) is 12.1 Å². The summed E-state index contributed by atoms with van der Waals surface area (Å²) >= 11 is 0. The lowest BCUT2D eigenvalue weighted by Crippen LogP contribution is -2.11. The molecule has 0 aliphatic rings. The number of carbonyl (C=O) groups is 1. The number of aromatic nitrogens is 2. The van der Waals surface area contributed by atoms with Crippen molar-refractivity contribution in [3.63, 3.8) is 0 Å². The van der Waals surface area contributed by atoms with Gasteiger partial charge in [0, 0.05) is 18.5 Å². The topological polar surface area (TPSA) is 87.3 Å². The molecule has 21 heavy (non-hydrogen) atoms. The fourth-order valence-electron chi connectivity index (χ4n) is 1.84. The molecule has 7 nitrogen and oxygen atoms in total. The van der Waals surface area contributed by atoms with Crippen LogP contribution in [-0.2, 0) is 16.1 Å². The molecule has 0 N–H and O–H groups in total. The zero-order valence-electron chi connectivity index (χ0n) is 11.3. The number of imidazole rings is 1. The van der Waals surface area contributed by atoms with Gasteiger partial charge in [0.05, 0.1) is 36.0 Å². The molecule has 0 spiro atoms. The number of para-hydroxylation sites is 1. The number of esters is 1. The quantitative estimate of drug-likeness (QED) is 0.363. The largest absolute Gasteiger partial charge is 0.466 e. The predicted octanol–water partition coefficient (Wildman–Crippen LogP) is 2.05. The molecular weight excluding hydrogens is 274 g/mol. The first kappa shape index (κ1) is 14.4. The Morgan fingerprint density at radius 2 is 2.24 bits per heavy atom. The third-order valence-corrected chi connectivity index (χ3v) is 2.82. The molecule has 0 saturated heterocycles. The van der Waals surface area contributed by atoms with Crippen LogP contribution in [0.15, 0.2) is 48.6 Å². The molecule has 0 bridgehead atoms. The first-order valence-electron chi connectivity index (χ1n) is 6.10. The molecule has 0 amide bonds. The van der Waals surface area contributed by atoms with Crippen molar-refractivity contribution in [2.24, 2.45) is 0 Å². The van der Waals surface area contributed by atoms with Crippen molar-refractivity contribution in [2.75, 3.05) is 7.11 Å². The van der Waals surface area contributed by atoms with Crippen LogP contribution in [0.3, 0.4) is 0 Å². The summed E-state index contributed by atoms with van der Waals surface area (Å²) in [5, 5.41) is 11.0. The molecule has 1 aromatic carbocycles. The van der Waals surface area contributed by atoms with E-state index in [2.05, 4.69) is 4.98 Å². The van der Waals surface area contributed by atoms with Gasteiger partial charge in [-0.15, -0.1) is 0 Å². The summed E-state index contributed by atoms with van der Waals surface area (Å²) in [4.78, 5) is 26.2. The van der Waals surface area contributed by atoms with Gasteiger partial charge < -0.3 is 9.30 Å². The maximum Gasteiger partial charge on any atom is 0.335 e. The molecule has 1 heterocycles.